The van der Waals surface area contributed by atoms with Gasteiger partial charge in [-0.3, -0.25) is 4.79 Å². The highest BCUT2D eigenvalue weighted by atomic mass is 19.1. The Hall–Kier alpha value is -2.94. The van der Waals surface area contributed by atoms with E-state index in [2.05, 4.69) is 0 Å². The van der Waals surface area contributed by atoms with Crippen molar-refractivity contribution in [2.45, 2.75) is 12.8 Å². The van der Waals surface area contributed by atoms with Crippen molar-refractivity contribution < 1.29 is 13.9 Å². The number of carbonyl (C=O) groups is 1. The SMILES string of the molecule is CC(C(=O)Oc1ccccc1)c1ccc(-c2ccccc2)c(F)c1. The van der Waals surface area contributed by atoms with Crippen LogP contribution in [-0.2, 0) is 4.79 Å². The van der Waals surface area contributed by atoms with E-state index in [1.165, 1.54) is 6.07 Å². The Kier molecular flexibility index (Phi) is 4.71. The fourth-order valence-electron chi connectivity index (χ4n) is 2.48. The normalized spacial score (nSPS) is 11.8. The number of rotatable bonds is 4. The Morgan fingerprint density at radius 3 is 2.17 bits per heavy atom. The van der Waals surface area contributed by atoms with Gasteiger partial charge in [0, 0.05) is 5.56 Å². The van der Waals surface area contributed by atoms with Gasteiger partial charge in [-0.05, 0) is 36.2 Å². The molecule has 0 N–H and O–H groups in total. The first-order valence-corrected chi connectivity index (χ1v) is 7.77. The van der Waals surface area contributed by atoms with Crippen LogP contribution in [-0.4, -0.2) is 5.97 Å². The summed E-state index contributed by atoms with van der Waals surface area (Å²) in [6, 6.07) is 23.0. The Bertz CT molecular complexity index is 829. The van der Waals surface area contributed by atoms with Crippen LogP contribution < -0.4 is 4.74 Å². The summed E-state index contributed by atoms with van der Waals surface area (Å²) in [6.45, 7) is 1.71. The quantitative estimate of drug-likeness (QED) is 0.488. The Balaban J connectivity index is 1.79. The molecule has 0 aliphatic rings. The lowest BCUT2D eigenvalue weighted by atomic mass is 9.97. The smallest absolute Gasteiger partial charge is 0.318 e. The van der Waals surface area contributed by atoms with E-state index in [9.17, 15) is 9.18 Å². The van der Waals surface area contributed by atoms with Crippen molar-refractivity contribution in [1.82, 2.24) is 0 Å². The minimum atomic E-state index is -0.551. The predicted octanol–water partition coefficient (Wildman–Crippen LogP) is 5.20. The molecule has 3 heteroatoms. The number of para-hydroxylation sites is 1. The second-order valence-electron chi connectivity index (χ2n) is 5.56. The maximum Gasteiger partial charge on any atom is 0.318 e. The van der Waals surface area contributed by atoms with Gasteiger partial charge in [-0.1, -0.05) is 60.7 Å². The van der Waals surface area contributed by atoms with Gasteiger partial charge in [-0.2, -0.15) is 0 Å². The van der Waals surface area contributed by atoms with Crippen LogP contribution in [0.25, 0.3) is 11.1 Å². The average molecular weight is 320 g/mol. The van der Waals surface area contributed by atoms with E-state index >= 15 is 0 Å². The summed E-state index contributed by atoms with van der Waals surface area (Å²) in [7, 11) is 0. The van der Waals surface area contributed by atoms with Crippen molar-refractivity contribution in [3.8, 4) is 16.9 Å². The Morgan fingerprint density at radius 2 is 1.54 bits per heavy atom. The van der Waals surface area contributed by atoms with E-state index in [-0.39, 0.29) is 5.82 Å². The first-order chi connectivity index (χ1) is 11.6. The molecular weight excluding hydrogens is 303 g/mol. The fourth-order valence-corrected chi connectivity index (χ4v) is 2.48. The zero-order chi connectivity index (χ0) is 16.9. The fraction of sp³-hybridized carbons (Fsp3) is 0.0952. The van der Waals surface area contributed by atoms with E-state index < -0.39 is 11.9 Å². The molecule has 0 heterocycles. The molecule has 3 aromatic carbocycles. The predicted molar refractivity (Wildman–Crippen MR) is 92.3 cm³/mol. The van der Waals surface area contributed by atoms with E-state index in [1.54, 1.807) is 43.3 Å². The van der Waals surface area contributed by atoms with Crippen LogP contribution in [0.2, 0.25) is 0 Å². The number of ether oxygens (including phenoxy) is 1. The van der Waals surface area contributed by atoms with E-state index in [0.717, 1.165) is 5.56 Å². The van der Waals surface area contributed by atoms with Crippen molar-refractivity contribution >= 4 is 5.97 Å². The number of carbonyl (C=O) groups excluding carboxylic acids is 1. The second-order valence-corrected chi connectivity index (χ2v) is 5.56. The zero-order valence-electron chi connectivity index (χ0n) is 13.3. The molecule has 0 fully saturated rings. The summed E-state index contributed by atoms with van der Waals surface area (Å²) in [4.78, 5) is 12.2. The van der Waals surface area contributed by atoms with Gasteiger partial charge in [0.05, 0.1) is 5.92 Å². The van der Waals surface area contributed by atoms with Crippen LogP contribution in [0.1, 0.15) is 18.4 Å². The molecule has 0 aliphatic carbocycles. The van der Waals surface area contributed by atoms with Crippen LogP contribution in [0.3, 0.4) is 0 Å². The van der Waals surface area contributed by atoms with Crippen LogP contribution in [0.15, 0.2) is 78.9 Å². The number of hydrogen-bond donors (Lipinski definition) is 0. The van der Waals surface area contributed by atoms with Crippen LogP contribution in [0.4, 0.5) is 4.39 Å². The van der Waals surface area contributed by atoms with Crippen molar-refractivity contribution in [2.24, 2.45) is 0 Å². The maximum absolute atomic E-state index is 14.4. The Morgan fingerprint density at radius 1 is 0.917 bits per heavy atom. The van der Waals surface area contributed by atoms with Gasteiger partial charge in [0.15, 0.2) is 0 Å². The topological polar surface area (TPSA) is 26.3 Å². The minimum Gasteiger partial charge on any atom is -0.426 e. The van der Waals surface area contributed by atoms with E-state index in [0.29, 0.717) is 16.9 Å². The van der Waals surface area contributed by atoms with Gasteiger partial charge in [0.25, 0.3) is 0 Å². The van der Waals surface area contributed by atoms with Gasteiger partial charge in [0.2, 0.25) is 0 Å². The van der Waals surface area contributed by atoms with Gasteiger partial charge in [-0.25, -0.2) is 4.39 Å². The third-order valence-corrected chi connectivity index (χ3v) is 3.89. The maximum atomic E-state index is 14.4. The number of benzene rings is 3. The van der Waals surface area contributed by atoms with Crippen LogP contribution in [0.5, 0.6) is 5.75 Å². The molecule has 0 amide bonds. The van der Waals surface area contributed by atoms with Crippen molar-refractivity contribution in [3.05, 3.63) is 90.2 Å². The standard InChI is InChI=1S/C21H17FO2/c1-15(21(23)24-18-10-6-3-7-11-18)17-12-13-19(20(22)14-17)16-8-4-2-5-9-16/h2-15H,1H3. The highest BCUT2D eigenvalue weighted by molar-refractivity contribution is 5.80. The zero-order valence-corrected chi connectivity index (χ0v) is 13.3. The van der Waals surface area contributed by atoms with Crippen LogP contribution >= 0.6 is 0 Å². The molecule has 1 atom stereocenters. The lowest BCUT2D eigenvalue weighted by Crippen LogP contribution is -2.16. The second kappa shape index (κ2) is 7.09. The highest BCUT2D eigenvalue weighted by Crippen LogP contribution is 2.27. The lowest BCUT2D eigenvalue weighted by molar-refractivity contribution is -0.135. The molecule has 3 aromatic rings. The van der Waals surface area contributed by atoms with Gasteiger partial charge in [0.1, 0.15) is 11.6 Å². The average Bonchev–Trinajstić information content (AvgIpc) is 2.62. The number of halogens is 1. The molecule has 120 valence electrons. The number of hydrogen-bond acceptors (Lipinski definition) is 2. The lowest BCUT2D eigenvalue weighted by Gasteiger charge is -2.13. The van der Waals surface area contributed by atoms with E-state index in [1.807, 2.05) is 36.4 Å². The third-order valence-electron chi connectivity index (χ3n) is 3.89. The summed E-state index contributed by atoms with van der Waals surface area (Å²) >= 11 is 0. The van der Waals surface area contributed by atoms with Crippen molar-refractivity contribution in [1.29, 1.82) is 0 Å². The molecule has 0 aromatic heterocycles. The molecule has 0 bridgehead atoms. The molecule has 2 nitrogen and oxygen atoms in total. The molecule has 0 saturated carbocycles. The van der Waals surface area contributed by atoms with E-state index in [4.69, 9.17) is 4.74 Å². The summed E-state index contributed by atoms with van der Waals surface area (Å²) in [5.74, 6) is -0.827. The largest absolute Gasteiger partial charge is 0.426 e. The molecule has 1 unspecified atom stereocenters. The summed E-state index contributed by atoms with van der Waals surface area (Å²) in [5, 5.41) is 0. The first kappa shape index (κ1) is 15.9. The molecule has 0 radical (unpaired) electrons. The molecular formula is C21H17FO2. The summed E-state index contributed by atoms with van der Waals surface area (Å²) in [6.07, 6.45) is 0. The summed E-state index contributed by atoms with van der Waals surface area (Å²) in [5.41, 5.74) is 1.91. The summed E-state index contributed by atoms with van der Waals surface area (Å²) < 4.78 is 19.8. The van der Waals surface area contributed by atoms with Crippen molar-refractivity contribution in [3.63, 3.8) is 0 Å². The molecule has 0 spiro atoms. The van der Waals surface area contributed by atoms with Crippen molar-refractivity contribution in [2.75, 3.05) is 0 Å². The molecule has 3 rings (SSSR count). The number of esters is 1. The molecule has 0 aliphatic heterocycles. The van der Waals surface area contributed by atoms with Gasteiger partial charge in [-0.15, -0.1) is 0 Å². The monoisotopic (exact) mass is 320 g/mol. The van der Waals surface area contributed by atoms with Crippen LogP contribution in [0, 0.1) is 5.82 Å². The minimum absolute atomic E-state index is 0.349. The Labute approximate surface area is 140 Å². The van der Waals surface area contributed by atoms with Gasteiger partial charge < -0.3 is 4.74 Å². The van der Waals surface area contributed by atoms with Gasteiger partial charge >= 0.3 is 5.97 Å². The molecule has 0 saturated heterocycles. The highest BCUT2D eigenvalue weighted by Gasteiger charge is 2.19. The molecule has 24 heavy (non-hydrogen) atoms. The first-order valence-electron chi connectivity index (χ1n) is 7.77. The third kappa shape index (κ3) is 3.51.